The number of hydrogen-bond acceptors (Lipinski definition) is 3. The van der Waals surface area contributed by atoms with Gasteiger partial charge in [0, 0.05) is 0 Å². The van der Waals surface area contributed by atoms with Gasteiger partial charge < -0.3 is 10.1 Å². The predicted molar refractivity (Wildman–Crippen MR) is 75.8 cm³/mol. The Balaban J connectivity index is 2.88. The highest BCUT2D eigenvalue weighted by molar-refractivity contribution is 6.44. The number of ether oxygens (including phenoxy) is 1. The van der Waals surface area contributed by atoms with Crippen LogP contribution in [0.5, 0.6) is 0 Å². The molecule has 1 unspecified atom stereocenters. The maximum atomic E-state index is 11.7. The molecule has 0 aliphatic carbocycles. The number of halogens is 3. The third-order valence-electron chi connectivity index (χ3n) is 2.32. The molecule has 0 fully saturated rings. The van der Waals surface area contributed by atoms with Crippen molar-refractivity contribution in [2.45, 2.75) is 26.3 Å². The van der Waals surface area contributed by atoms with E-state index in [1.807, 2.05) is 6.92 Å². The summed E-state index contributed by atoms with van der Waals surface area (Å²) < 4.78 is 4.96. The molecule has 1 aromatic rings. The van der Waals surface area contributed by atoms with E-state index in [0.717, 1.165) is 0 Å². The lowest BCUT2D eigenvalue weighted by atomic mass is 10.2. The van der Waals surface area contributed by atoms with Gasteiger partial charge in [-0.05, 0) is 25.5 Å². The van der Waals surface area contributed by atoms with Gasteiger partial charge in [-0.15, -0.1) is 0 Å². The molecule has 0 aliphatic rings. The molecule has 0 saturated carbocycles. The minimum absolute atomic E-state index is 0.317. The monoisotopic (exact) mass is 309 g/mol. The first-order valence-electron chi connectivity index (χ1n) is 5.57. The van der Waals surface area contributed by atoms with Gasteiger partial charge in [-0.1, -0.05) is 41.7 Å². The first-order chi connectivity index (χ1) is 8.49. The highest BCUT2D eigenvalue weighted by atomic mass is 35.5. The van der Waals surface area contributed by atoms with Crippen molar-refractivity contribution >= 4 is 46.5 Å². The molecule has 0 bridgehead atoms. The molecule has 0 aromatic heterocycles. The Kier molecular flexibility index (Phi) is 6.06. The number of anilines is 1. The molecule has 100 valence electrons. The van der Waals surface area contributed by atoms with Crippen LogP contribution in [0.1, 0.15) is 20.3 Å². The molecule has 18 heavy (non-hydrogen) atoms. The standard InChI is InChI=1S/C12H14Cl3NO2/c1-3-10(12(17)18-4-2)16-11-6-8(14)7(13)5-9(11)15/h5-6,10,16H,3-4H2,1-2H3. The zero-order chi connectivity index (χ0) is 13.7. The van der Waals surface area contributed by atoms with Crippen LogP contribution >= 0.6 is 34.8 Å². The van der Waals surface area contributed by atoms with Crippen molar-refractivity contribution in [3.8, 4) is 0 Å². The number of nitrogens with one attached hydrogen (secondary N) is 1. The number of esters is 1. The van der Waals surface area contributed by atoms with Gasteiger partial charge in [0.2, 0.25) is 0 Å². The smallest absolute Gasteiger partial charge is 0.328 e. The van der Waals surface area contributed by atoms with Gasteiger partial charge in [0.05, 0.1) is 27.4 Å². The maximum Gasteiger partial charge on any atom is 0.328 e. The van der Waals surface area contributed by atoms with Gasteiger partial charge in [0.1, 0.15) is 6.04 Å². The van der Waals surface area contributed by atoms with Gasteiger partial charge in [-0.3, -0.25) is 0 Å². The predicted octanol–water partition coefficient (Wildman–Crippen LogP) is 4.40. The minimum Gasteiger partial charge on any atom is -0.464 e. The highest BCUT2D eigenvalue weighted by Crippen LogP contribution is 2.32. The van der Waals surface area contributed by atoms with Crippen LogP contribution < -0.4 is 5.32 Å². The van der Waals surface area contributed by atoms with Crippen LogP contribution in [-0.2, 0) is 9.53 Å². The molecule has 3 nitrogen and oxygen atoms in total. The molecule has 1 atom stereocenters. The van der Waals surface area contributed by atoms with E-state index in [1.54, 1.807) is 13.0 Å². The van der Waals surface area contributed by atoms with Crippen molar-refractivity contribution in [2.24, 2.45) is 0 Å². The first kappa shape index (κ1) is 15.4. The van der Waals surface area contributed by atoms with E-state index in [-0.39, 0.29) is 5.97 Å². The van der Waals surface area contributed by atoms with E-state index in [9.17, 15) is 4.79 Å². The third-order valence-corrected chi connectivity index (χ3v) is 3.35. The van der Waals surface area contributed by atoms with Crippen LogP contribution in [0.15, 0.2) is 12.1 Å². The summed E-state index contributed by atoms with van der Waals surface area (Å²) >= 11 is 17.8. The van der Waals surface area contributed by atoms with Gasteiger partial charge in [-0.2, -0.15) is 0 Å². The molecular formula is C12H14Cl3NO2. The summed E-state index contributed by atoms with van der Waals surface area (Å²) in [4.78, 5) is 11.7. The molecule has 0 heterocycles. The number of benzene rings is 1. The number of hydrogen-bond donors (Lipinski definition) is 1. The minimum atomic E-state index is -0.459. The van der Waals surface area contributed by atoms with Crippen LogP contribution in [0.4, 0.5) is 5.69 Å². The summed E-state index contributed by atoms with van der Waals surface area (Å²) in [5.41, 5.74) is 0.561. The fourth-order valence-corrected chi connectivity index (χ4v) is 1.99. The molecule has 0 amide bonds. The molecule has 0 radical (unpaired) electrons. The SMILES string of the molecule is CCOC(=O)C(CC)Nc1cc(Cl)c(Cl)cc1Cl. The molecule has 0 aliphatic heterocycles. The fourth-order valence-electron chi connectivity index (χ4n) is 1.39. The van der Waals surface area contributed by atoms with E-state index in [2.05, 4.69) is 5.32 Å². The summed E-state index contributed by atoms with van der Waals surface area (Å²) in [6.45, 7) is 3.98. The van der Waals surface area contributed by atoms with Crippen LogP contribution in [-0.4, -0.2) is 18.6 Å². The van der Waals surface area contributed by atoms with Gasteiger partial charge in [-0.25, -0.2) is 4.79 Å². The van der Waals surface area contributed by atoms with Crippen molar-refractivity contribution in [1.29, 1.82) is 0 Å². The van der Waals surface area contributed by atoms with Gasteiger partial charge in [0.25, 0.3) is 0 Å². The molecule has 1 rings (SSSR count). The molecule has 0 saturated heterocycles. The Hall–Kier alpha value is -0.640. The highest BCUT2D eigenvalue weighted by Gasteiger charge is 2.19. The Bertz CT molecular complexity index is 438. The number of carbonyl (C=O) groups is 1. The lowest BCUT2D eigenvalue weighted by Crippen LogP contribution is -2.30. The topological polar surface area (TPSA) is 38.3 Å². The Morgan fingerprint density at radius 3 is 2.39 bits per heavy atom. The Morgan fingerprint density at radius 2 is 1.83 bits per heavy atom. The zero-order valence-corrected chi connectivity index (χ0v) is 12.4. The summed E-state index contributed by atoms with van der Waals surface area (Å²) in [7, 11) is 0. The normalized spacial score (nSPS) is 12.1. The molecular weight excluding hydrogens is 296 g/mol. The van der Waals surface area contributed by atoms with Crippen molar-refractivity contribution in [2.75, 3.05) is 11.9 Å². The Labute approximate surface area is 121 Å². The molecule has 0 spiro atoms. The summed E-state index contributed by atoms with van der Waals surface area (Å²) in [6, 6.07) is 2.67. The van der Waals surface area contributed by atoms with Crippen LogP contribution in [0, 0.1) is 0 Å². The largest absolute Gasteiger partial charge is 0.464 e. The molecule has 6 heteroatoms. The fraction of sp³-hybridized carbons (Fsp3) is 0.417. The van der Waals surface area contributed by atoms with Crippen molar-refractivity contribution in [3.05, 3.63) is 27.2 Å². The third kappa shape index (κ3) is 3.94. The van der Waals surface area contributed by atoms with Crippen LogP contribution in [0.25, 0.3) is 0 Å². The van der Waals surface area contributed by atoms with Crippen molar-refractivity contribution in [1.82, 2.24) is 0 Å². The maximum absolute atomic E-state index is 11.7. The second kappa shape index (κ2) is 7.07. The van der Waals surface area contributed by atoms with Crippen LogP contribution in [0.3, 0.4) is 0 Å². The lowest BCUT2D eigenvalue weighted by Gasteiger charge is -2.18. The van der Waals surface area contributed by atoms with Crippen molar-refractivity contribution < 1.29 is 9.53 Å². The Morgan fingerprint density at radius 1 is 1.22 bits per heavy atom. The quantitative estimate of drug-likeness (QED) is 0.647. The van der Waals surface area contributed by atoms with Crippen molar-refractivity contribution in [3.63, 3.8) is 0 Å². The van der Waals surface area contributed by atoms with E-state index < -0.39 is 6.04 Å². The van der Waals surface area contributed by atoms with E-state index in [4.69, 9.17) is 39.5 Å². The van der Waals surface area contributed by atoms with Gasteiger partial charge >= 0.3 is 5.97 Å². The van der Waals surface area contributed by atoms with E-state index >= 15 is 0 Å². The van der Waals surface area contributed by atoms with Crippen LogP contribution in [0.2, 0.25) is 15.1 Å². The molecule has 1 aromatic carbocycles. The first-order valence-corrected chi connectivity index (χ1v) is 6.70. The summed E-state index contributed by atoms with van der Waals surface area (Å²) in [6.07, 6.45) is 0.579. The lowest BCUT2D eigenvalue weighted by molar-refractivity contribution is -0.144. The number of carbonyl (C=O) groups excluding carboxylic acids is 1. The zero-order valence-electron chi connectivity index (χ0n) is 10.1. The second-order valence-electron chi connectivity index (χ2n) is 3.60. The van der Waals surface area contributed by atoms with E-state index in [0.29, 0.717) is 33.8 Å². The molecule has 1 N–H and O–H groups in total. The second-order valence-corrected chi connectivity index (χ2v) is 4.82. The summed E-state index contributed by atoms with van der Waals surface area (Å²) in [5.74, 6) is -0.317. The average Bonchev–Trinajstić information content (AvgIpc) is 2.32. The number of rotatable bonds is 5. The average molecular weight is 311 g/mol. The summed E-state index contributed by atoms with van der Waals surface area (Å²) in [5, 5.41) is 4.16. The van der Waals surface area contributed by atoms with E-state index in [1.165, 1.54) is 6.07 Å². The van der Waals surface area contributed by atoms with Gasteiger partial charge in [0.15, 0.2) is 0 Å².